The molecule has 156 valence electrons. The molecule has 5 nitrogen and oxygen atoms in total. The second-order valence-electron chi connectivity index (χ2n) is 7.42. The minimum absolute atomic E-state index is 0.237. The Balaban J connectivity index is 1.51. The van der Waals surface area contributed by atoms with Crippen LogP contribution >= 0.6 is 0 Å². The number of aromatic nitrogens is 1. The lowest BCUT2D eigenvalue weighted by Gasteiger charge is -2.10. The number of nitrogens with zero attached hydrogens (tertiary/aromatic N) is 1. The van der Waals surface area contributed by atoms with Crippen molar-refractivity contribution in [2.24, 2.45) is 0 Å². The second-order valence-corrected chi connectivity index (χ2v) is 7.42. The molecule has 3 N–H and O–H groups in total. The van der Waals surface area contributed by atoms with Gasteiger partial charge in [0.15, 0.2) is 0 Å². The van der Waals surface area contributed by atoms with Gasteiger partial charge in [-0.25, -0.2) is 4.98 Å². The molecule has 0 aliphatic rings. The maximum atomic E-state index is 12.3. The van der Waals surface area contributed by atoms with Gasteiger partial charge in [-0.3, -0.25) is 4.79 Å². The lowest BCUT2D eigenvalue weighted by Crippen LogP contribution is -2.24. The van der Waals surface area contributed by atoms with Gasteiger partial charge in [0, 0.05) is 12.2 Å². The van der Waals surface area contributed by atoms with Crippen LogP contribution < -0.4 is 15.8 Å². The van der Waals surface area contributed by atoms with Crippen LogP contribution in [0.15, 0.2) is 60.7 Å². The van der Waals surface area contributed by atoms with Crippen molar-refractivity contribution in [2.45, 2.75) is 46.1 Å². The van der Waals surface area contributed by atoms with Gasteiger partial charge in [0.05, 0.1) is 5.56 Å². The van der Waals surface area contributed by atoms with Gasteiger partial charge in [-0.05, 0) is 67.3 Å². The zero-order valence-corrected chi connectivity index (χ0v) is 17.7. The van der Waals surface area contributed by atoms with Crippen LogP contribution in [-0.4, -0.2) is 10.9 Å². The van der Waals surface area contributed by atoms with Crippen LogP contribution in [0.4, 0.5) is 5.82 Å². The molecule has 0 saturated heterocycles. The van der Waals surface area contributed by atoms with E-state index in [1.807, 2.05) is 43.3 Å². The lowest BCUT2D eigenvalue weighted by molar-refractivity contribution is 0.0951. The third-order valence-corrected chi connectivity index (χ3v) is 4.91. The number of unbranched alkanes of at least 4 members (excludes halogenated alkanes) is 2. The van der Waals surface area contributed by atoms with Crippen LogP contribution in [0.25, 0.3) is 0 Å². The SMILES string of the molecule is CCCCCc1ccc(Oc2ccc(CNC(=O)c3ccc(C)nc3N)cc2)cc1. The lowest BCUT2D eigenvalue weighted by atomic mass is 10.1. The number of nitrogens with two attached hydrogens (primary N) is 1. The van der Waals surface area contributed by atoms with E-state index in [9.17, 15) is 4.79 Å². The summed E-state index contributed by atoms with van der Waals surface area (Å²) in [6, 6.07) is 19.4. The van der Waals surface area contributed by atoms with E-state index in [1.165, 1.54) is 24.8 Å². The Morgan fingerprint density at radius 1 is 0.933 bits per heavy atom. The van der Waals surface area contributed by atoms with Crippen LogP contribution in [0.5, 0.6) is 11.5 Å². The average molecular weight is 404 g/mol. The summed E-state index contributed by atoms with van der Waals surface area (Å²) in [6.45, 7) is 4.45. The first-order valence-electron chi connectivity index (χ1n) is 10.4. The minimum Gasteiger partial charge on any atom is -0.457 e. The number of benzene rings is 2. The van der Waals surface area contributed by atoms with Crippen LogP contribution in [0.2, 0.25) is 0 Å². The summed E-state index contributed by atoms with van der Waals surface area (Å²) in [5, 5.41) is 2.87. The van der Waals surface area contributed by atoms with Gasteiger partial charge in [-0.2, -0.15) is 0 Å². The number of pyridine rings is 1. The highest BCUT2D eigenvalue weighted by molar-refractivity contribution is 5.98. The number of carbonyl (C=O) groups is 1. The zero-order chi connectivity index (χ0) is 21.3. The van der Waals surface area contributed by atoms with Crippen LogP contribution in [0.1, 0.15) is 53.4 Å². The molecule has 0 radical (unpaired) electrons. The van der Waals surface area contributed by atoms with Gasteiger partial charge in [0.2, 0.25) is 0 Å². The fraction of sp³-hybridized carbons (Fsp3) is 0.280. The number of rotatable bonds is 9. The molecule has 0 spiro atoms. The largest absolute Gasteiger partial charge is 0.457 e. The normalized spacial score (nSPS) is 10.6. The first-order chi connectivity index (χ1) is 14.5. The first kappa shape index (κ1) is 21.4. The highest BCUT2D eigenvalue weighted by Crippen LogP contribution is 2.23. The number of aryl methyl sites for hydroxylation is 2. The van der Waals surface area contributed by atoms with Crippen LogP contribution in [0, 0.1) is 6.92 Å². The topological polar surface area (TPSA) is 77.2 Å². The van der Waals surface area contributed by atoms with Gasteiger partial charge < -0.3 is 15.8 Å². The van der Waals surface area contributed by atoms with Crippen molar-refractivity contribution in [3.8, 4) is 11.5 Å². The average Bonchev–Trinajstić information content (AvgIpc) is 2.74. The molecule has 0 unspecified atom stereocenters. The number of ether oxygens (including phenoxy) is 1. The summed E-state index contributed by atoms with van der Waals surface area (Å²) in [6.07, 6.45) is 4.83. The van der Waals surface area contributed by atoms with Crippen molar-refractivity contribution in [3.63, 3.8) is 0 Å². The zero-order valence-electron chi connectivity index (χ0n) is 17.7. The first-order valence-corrected chi connectivity index (χ1v) is 10.4. The molecule has 1 heterocycles. The van der Waals surface area contributed by atoms with Crippen molar-refractivity contribution in [1.29, 1.82) is 0 Å². The highest BCUT2D eigenvalue weighted by Gasteiger charge is 2.10. The Morgan fingerprint density at radius 2 is 1.57 bits per heavy atom. The predicted molar refractivity (Wildman–Crippen MR) is 121 cm³/mol. The molecule has 2 aromatic carbocycles. The maximum Gasteiger partial charge on any atom is 0.255 e. The third kappa shape index (κ3) is 6.08. The molecule has 0 saturated carbocycles. The number of carbonyl (C=O) groups excluding carboxylic acids is 1. The molecule has 1 amide bonds. The van der Waals surface area contributed by atoms with Crippen molar-refractivity contribution in [1.82, 2.24) is 10.3 Å². The van der Waals surface area contributed by atoms with Crippen LogP contribution in [-0.2, 0) is 13.0 Å². The van der Waals surface area contributed by atoms with E-state index in [4.69, 9.17) is 10.5 Å². The Hall–Kier alpha value is -3.34. The molecule has 0 bridgehead atoms. The molecule has 3 aromatic rings. The standard InChI is InChI=1S/C25H29N3O2/c1-3-4-5-6-19-8-12-21(13-9-19)30-22-14-10-20(11-15-22)17-27-25(29)23-16-7-18(2)28-24(23)26/h7-16H,3-6,17H2,1-2H3,(H2,26,28)(H,27,29). The number of nitrogens with one attached hydrogen (secondary N) is 1. The van der Waals surface area contributed by atoms with Crippen molar-refractivity contribution >= 4 is 11.7 Å². The van der Waals surface area contributed by atoms with E-state index in [-0.39, 0.29) is 11.7 Å². The molecule has 0 aliphatic heterocycles. The third-order valence-electron chi connectivity index (χ3n) is 4.91. The molecule has 30 heavy (non-hydrogen) atoms. The van der Waals surface area contributed by atoms with E-state index in [0.717, 1.165) is 29.2 Å². The van der Waals surface area contributed by atoms with Gasteiger partial charge in [-0.1, -0.05) is 44.0 Å². The number of anilines is 1. The van der Waals surface area contributed by atoms with Gasteiger partial charge in [0.25, 0.3) is 5.91 Å². The molecular weight excluding hydrogens is 374 g/mol. The van der Waals surface area contributed by atoms with Crippen molar-refractivity contribution in [2.75, 3.05) is 5.73 Å². The summed E-state index contributed by atoms with van der Waals surface area (Å²) >= 11 is 0. The maximum absolute atomic E-state index is 12.3. The van der Waals surface area contributed by atoms with Gasteiger partial charge in [-0.15, -0.1) is 0 Å². The number of hydrogen-bond donors (Lipinski definition) is 2. The molecule has 0 aliphatic carbocycles. The quantitative estimate of drug-likeness (QED) is 0.467. The van der Waals surface area contributed by atoms with Gasteiger partial charge in [0.1, 0.15) is 17.3 Å². The van der Waals surface area contributed by atoms with E-state index < -0.39 is 0 Å². The predicted octanol–water partition coefficient (Wildman–Crippen LogP) is 5.43. The molecule has 0 fully saturated rings. The van der Waals surface area contributed by atoms with Crippen molar-refractivity contribution in [3.05, 3.63) is 83.0 Å². The van der Waals surface area contributed by atoms with E-state index in [1.54, 1.807) is 12.1 Å². The van der Waals surface area contributed by atoms with Crippen LogP contribution in [0.3, 0.4) is 0 Å². The monoisotopic (exact) mass is 403 g/mol. The summed E-state index contributed by atoms with van der Waals surface area (Å²) in [4.78, 5) is 16.4. The molecular formula is C25H29N3O2. The highest BCUT2D eigenvalue weighted by atomic mass is 16.5. The summed E-state index contributed by atoms with van der Waals surface area (Å²) < 4.78 is 5.92. The fourth-order valence-corrected chi connectivity index (χ4v) is 3.16. The second kappa shape index (κ2) is 10.4. The number of hydrogen-bond acceptors (Lipinski definition) is 4. The van der Waals surface area contributed by atoms with Gasteiger partial charge >= 0.3 is 0 Å². The van der Waals surface area contributed by atoms with E-state index in [0.29, 0.717) is 12.1 Å². The Morgan fingerprint density at radius 3 is 2.17 bits per heavy atom. The summed E-state index contributed by atoms with van der Waals surface area (Å²) in [7, 11) is 0. The van der Waals surface area contributed by atoms with E-state index >= 15 is 0 Å². The number of nitrogen functional groups attached to an aromatic ring is 1. The van der Waals surface area contributed by atoms with Crippen molar-refractivity contribution < 1.29 is 9.53 Å². The summed E-state index contributed by atoms with van der Waals surface area (Å²) in [5.41, 5.74) is 9.32. The van der Waals surface area contributed by atoms with E-state index in [2.05, 4.69) is 29.4 Å². The molecule has 5 heteroatoms. The fourth-order valence-electron chi connectivity index (χ4n) is 3.16. The summed E-state index contributed by atoms with van der Waals surface area (Å²) in [5.74, 6) is 1.58. The Kier molecular flexibility index (Phi) is 7.44. The Bertz CT molecular complexity index is 967. The Labute approximate surface area is 178 Å². The minimum atomic E-state index is -0.237. The smallest absolute Gasteiger partial charge is 0.255 e. The molecule has 3 rings (SSSR count). The molecule has 0 atom stereocenters. The number of amides is 1. The molecule has 1 aromatic heterocycles.